The number of esters is 1. The molecule has 0 fully saturated rings. The summed E-state index contributed by atoms with van der Waals surface area (Å²) in [6.07, 6.45) is 4.02. The molecule has 3 aromatic rings. The van der Waals surface area contributed by atoms with Crippen molar-refractivity contribution in [3.63, 3.8) is 0 Å². The molecule has 1 heterocycles. The van der Waals surface area contributed by atoms with E-state index >= 15 is 0 Å². The lowest BCUT2D eigenvalue weighted by Crippen LogP contribution is -2.23. The van der Waals surface area contributed by atoms with Crippen LogP contribution in [0.2, 0.25) is 0 Å². The van der Waals surface area contributed by atoms with Crippen molar-refractivity contribution in [3.05, 3.63) is 83.3 Å². The third-order valence-electron chi connectivity index (χ3n) is 4.53. The number of carbonyl (C=O) groups excluding carboxylic acids is 1. The monoisotopic (exact) mass is 390 g/mol. The normalized spacial score (nSPS) is 11.3. The molecular weight excluding hydrogens is 368 g/mol. The van der Waals surface area contributed by atoms with Gasteiger partial charge >= 0.3 is 5.97 Å². The minimum Gasteiger partial charge on any atom is -0.488 e. The quantitative estimate of drug-likeness (QED) is 0.565. The molecule has 1 atom stereocenters. The summed E-state index contributed by atoms with van der Waals surface area (Å²) in [5.41, 5.74) is 3.89. The van der Waals surface area contributed by atoms with Gasteiger partial charge in [-0.05, 0) is 54.4 Å². The molecule has 0 radical (unpaired) electrons. The van der Waals surface area contributed by atoms with E-state index in [1.165, 1.54) is 7.11 Å². The first-order valence-corrected chi connectivity index (χ1v) is 9.25. The smallest absolute Gasteiger partial charge is 0.333 e. The second-order valence-electron chi connectivity index (χ2n) is 6.44. The maximum absolute atomic E-state index is 12.6. The number of nitriles is 1. The summed E-state index contributed by atoms with van der Waals surface area (Å²) in [5, 5.41) is 12.2. The molecular formula is C23H22N2O4. The Labute approximate surface area is 169 Å². The molecule has 0 aliphatic carbocycles. The number of aryl methyl sites for hydroxylation is 1. The fraction of sp³-hybridized carbons (Fsp3) is 0.217. The van der Waals surface area contributed by atoms with Crippen LogP contribution in [0.5, 0.6) is 5.75 Å². The first-order valence-electron chi connectivity index (χ1n) is 9.25. The van der Waals surface area contributed by atoms with E-state index in [9.17, 15) is 4.79 Å². The van der Waals surface area contributed by atoms with Crippen molar-refractivity contribution in [2.45, 2.75) is 26.0 Å². The number of methoxy groups -OCH3 is 1. The van der Waals surface area contributed by atoms with Crippen LogP contribution in [0.25, 0.3) is 0 Å². The molecule has 3 rings (SSSR count). The average molecular weight is 390 g/mol. The van der Waals surface area contributed by atoms with Gasteiger partial charge < -0.3 is 19.2 Å². The largest absolute Gasteiger partial charge is 0.488 e. The van der Waals surface area contributed by atoms with Crippen molar-refractivity contribution in [2.24, 2.45) is 0 Å². The lowest BCUT2D eigenvalue weighted by atomic mass is 10.0. The number of hydrogen-bond donors (Lipinski definition) is 1. The zero-order chi connectivity index (χ0) is 20.6. The standard InChI is InChI=1S/C23H22N2O4/c1-3-16-6-9-21(29-15-18-10-11-28-14-18)20(12-16)22(23(26)27-2)25-19-7-4-17(13-24)5-8-19/h4-12,14,22,25H,3,15H2,1-2H3. The van der Waals surface area contributed by atoms with Crippen LogP contribution in [0.1, 0.15) is 35.2 Å². The predicted octanol–water partition coefficient (Wildman–Crippen LogP) is 4.62. The second-order valence-corrected chi connectivity index (χ2v) is 6.44. The van der Waals surface area contributed by atoms with Crippen LogP contribution in [0.4, 0.5) is 5.69 Å². The Morgan fingerprint density at radius 3 is 2.59 bits per heavy atom. The molecule has 6 heteroatoms. The minimum atomic E-state index is -0.765. The van der Waals surface area contributed by atoms with Gasteiger partial charge in [0.15, 0.2) is 6.04 Å². The van der Waals surface area contributed by atoms with E-state index in [1.807, 2.05) is 31.2 Å². The van der Waals surface area contributed by atoms with E-state index < -0.39 is 12.0 Å². The molecule has 0 aliphatic rings. The van der Waals surface area contributed by atoms with Crippen molar-refractivity contribution in [3.8, 4) is 11.8 Å². The fourth-order valence-electron chi connectivity index (χ4n) is 2.90. The first kappa shape index (κ1) is 20.0. The topological polar surface area (TPSA) is 84.5 Å². The Morgan fingerprint density at radius 2 is 1.97 bits per heavy atom. The van der Waals surface area contributed by atoms with Crippen molar-refractivity contribution < 1.29 is 18.7 Å². The van der Waals surface area contributed by atoms with Gasteiger partial charge in [0, 0.05) is 16.8 Å². The van der Waals surface area contributed by atoms with Gasteiger partial charge in [-0.2, -0.15) is 5.26 Å². The summed E-state index contributed by atoms with van der Waals surface area (Å²) in [6, 6.07) is 15.8. The zero-order valence-electron chi connectivity index (χ0n) is 16.3. The molecule has 0 spiro atoms. The Kier molecular flexibility index (Phi) is 6.54. The number of furan rings is 1. The van der Waals surface area contributed by atoms with Crippen LogP contribution in [0.3, 0.4) is 0 Å². The highest BCUT2D eigenvalue weighted by Gasteiger charge is 2.25. The lowest BCUT2D eigenvalue weighted by molar-refractivity contribution is -0.141. The maximum atomic E-state index is 12.6. The number of benzene rings is 2. The van der Waals surface area contributed by atoms with Crippen LogP contribution >= 0.6 is 0 Å². The summed E-state index contributed by atoms with van der Waals surface area (Å²) in [7, 11) is 1.35. The van der Waals surface area contributed by atoms with E-state index in [-0.39, 0.29) is 0 Å². The third-order valence-corrected chi connectivity index (χ3v) is 4.53. The molecule has 1 aromatic heterocycles. The van der Waals surface area contributed by atoms with Crippen molar-refractivity contribution >= 4 is 11.7 Å². The Hall–Kier alpha value is -3.72. The highest BCUT2D eigenvalue weighted by molar-refractivity contribution is 5.82. The van der Waals surface area contributed by atoms with Gasteiger partial charge in [0.25, 0.3) is 0 Å². The molecule has 1 N–H and O–H groups in total. The number of nitrogens with one attached hydrogen (secondary N) is 1. The van der Waals surface area contributed by atoms with Gasteiger partial charge in [-0.25, -0.2) is 4.79 Å². The number of nitrogens with zero attached hydrogens (tertiary/aromatic N) is 1. The SMILES string of the molecule is CCc1ccc(OCc2ccoc2)c(C(Nc2ccc(C#N)cc2)C(=O)OC)c1. The number of hydrogen-bond acceptors (Lipinski definition) is 6. The van der Waals surface area contributed by atoms with Gasteiger partial charge in [-0.3, -0.25) is 0 Å². The van der Waals surface area contributed by atoms with Crippen LogP contribution in [0.15, 0.2) is 65.5 Å². The van der Waals surface area contributed by atoms with Crippen molar-refractivity contribution in [2.75, 3.05) is 12.4 Å². The minimum absolute atomic E-state index is 0.319. The number of ether oxygens (including phenoxy) is 2. The molecule has 2 aromatic carbocycles. The summed E-state index contributed by atoms with van der Waals surface area (Å²) in [4.78, 5) is 12.6. The number of anilines is 1. The molecule has 0 saturated heterocycles. The number of carbonyl (C=O) groups is 1. The summed E-state index contributed by atoms with van der Waals surface area (Å²) in [6.45, 7) is 2.37. The molecule has 0 bridgehead atoms. The Bertz CT molecular complexity index is 989. The zero-order valence-corrected chi connectivity index (χ0v) is 16.3. The summed E-state index contributed by atoms with van der Waals surface area (Å²) >= 11 is 0. The van der Waals surface area contributed by atoms with Gasteiger partial charge in [0.2, 0.25) is 0 Å². The molecule has 29 heavy (non-hydrogen) atoms. The molecule has 6 nitrogen and oxygen atoms in total. The highest BCUT2D eigenvalue weighted by Crippen LogP contribution is 2.31. The maximum Gasteiger partial charge on any atom is 0.333 e. The second kappa shape index (κ2) is 9.47. The van der Waals surface area contributed by atoms with E-state index in [1.54, 1.807) is 36.8 Å². The van der Waals surface area contributed by atoms with Crippen LogP contribution in [0, 0.1) is 11.3 Å². The van der Waals surface area contributed by atoms with E-state index in [0.29, 0.717) is 29.2 Å². The third kappa shape index (κ3) is 4.96. The number of rotatable bonds is 8. The van der Waals surface area contributed by atoms with Gasteiger partial charge in [-0.1, -0.05) is 13.0 Å². The average Bonchev–Trinajstić information content (AvgIpc) is 3.29. The van der Waals surface area contributed by atoms with Crippen LogP contribution in [-0.4, -0.2) is 13.1 Å². The molecule has 1 unspecified atom stereocenters. The lowest BCUT2D eigenvalue weighted by Gasteiger charge is -2.22. The summed E-state index contributed by atoms with van der Waals surface area (Å²) < 4.78 is 16.1. The molecule has 148 valence electrons. The van der Waals surface area contributed by atoms with E-state index in [2.05, 4.69) is 11.4 Å². The van der Waals surface area contributed by atoms with Crippen molar-refractivity contribution in [1.82, 2.24) is 0 Å². The van der Waals surface area contributed by atoms with Crippen LogP contribution < -0.4 is 10.1 Å². The van der Waals surface area contributed by atoms with E-state index in [4.69, 9.17) is 19.2 Å². The molecule has 0 saturated carbocycles. The van der Waals surface area contributed by atoms with Gasteiger partial charge in [0.1, 0.15) is 12.4 Å². The first-order chi connectivity index (χ1) is 14.1. The highest BCUT2D eigenvalue weighted by atomic mass is 16.5. The fourth-order valence-corrected chi connectivity index (χ4v) is 2.90. The molecule has 0 aliphatic heterocycles. The van der Waals surface area contributed by atoms with Gasteiger partial charge in [0.05, 0.1) is 31.3 Å². The van der Waals surface area contributed by atoms with Crippen LogP contribution in [-0.2, 0) is 22.6 Å². The van der Waals surface area contributed by atoms with Gasteiger partial charge in [-0.15, -0.1) is 0 Å². The Balaban J connectivity index is 1.93. The molecule has 0 amide bonds. The predicted molar refractivity (Wildman–Crippen MR) is 108 cm³/mol. The van der Waals surface area contributed by atoms with E-state index in [0.717, 1.165) is 17.5 Å². The van der Waals surface area contributed by atoms with Crippen molar-refractivity contribution in [1.29, 1.82) is 5.26 Å². The Morgan fingerprint density at radius 1 is 1.17 bits per heavy atom. The summed E-state index contributed by atoms with van der Waals surface area (Å²) in [5.74, 6) is 0.149.